The highest BCUT2D eigenvalue weighted by atomic mass is 16.2. The van der Waals surface area contributed by atoms with Gasteiger partial charge in [0.05, 0.1) is 12.1 Å². The van der Waals surface area contributed by atoms with Gasteiger partial charge in [0, 0.05) is 0 Å². The molecule has 1 rings (SSSR count). The Labute approximate surface area is 97.2 Å². The van der Waals surface area contributed by atoms with Crippen LogP contribution in [0, 0.1) is 0 Å². The first-order chi connectivity index (χ1) is 7.64. The van der Waals surface area contributed by atoms with Crippen molar-refractivity contribution in [2.45, 2.75) is 57.9 Å². The standard InChI is InChI=1S/C12H22N2O2/c1-3-5-6-8-12(7-4-2)11(16)14-10(15)9-13-12/h13H,3-9H2,1-2H3,(H,14,15,16). The summed E-state index contributed by atoms with van der Waals surface area (Å²) in [5.74, 6) is -0.353. The summed E-state index contributed by atoms with van der Waals surface area (Å²) < 4.78 is 0. The van der Waals surface area contributed by atoms with Gasteiger partial charge in [0.2, 0.25) is 11.8 Å². The fourth-order valence-electron chi connectivity index (χ4n) is 2.25. The molecule has 0 bridgehead atoms. The predicted octanol–water partition coefficient (Wildman–Crippen LogP) is 1.35. The van der Waals surface area contributed by atoms with E-state index in [1.54, 1.807) is 0 Å². The van der Waals surface area contributed by atoms with Gasteiger partial charge in [0.15, 0.2) is 0 Å². The number of rotatable bonds is 6. The number of carbonyl (C=O) groups excluding carboxylic acids is 2. The number of hydrogen-bond acceptors (Lipinski definition) is 3. The topological polar surface area (TPSA) is 58.2 Å². The molecule has 0 saturated carbocycles. The van der Waals surface area contributed by atoms with Gasteiger partial charge in [-0.15, -0.1) is 0 Å². The van der Waals surface area contributed by atoms with Crippen molar-refractivity contribution in [2.75, 3.05) is 6.54 Å². The molecule has 1 aliphatic heterocycles. The lowest BCUT2D eigenvalue weighted by Gasteiger charge is -2.36. The molecule has 0 spiro atoms. The molecule has 0 aromatic carbocycles. The summed E-state index contributed by atoms with van der Waals surface area (Å²) >= 11 is 0. The summed E-state index contributed by atoms with van der Waals surface area (Å²) in [5, 5.41) is 5.57. The number of amides is 2. The molecule has 0 aromatic rings. The Bertz CT molecular complexity index is 266. The zero-order chi connectivity index (χ0) is 12.0. The molecule has 1 aliphatic rings. The number of carbonyl (C=O) groups is 2. The molecular weight excluding hydrogens is 204 g/mol. The highest BCUT2D eigenvalue weighted by Gasteiger charge is 2.40. The van der Waals surface area contributed by atoms with Crippen molar-refractivity contribution < 1.29 is 9.59 Å². The average Bonchev–Trinajstić information content (AvgIpc) is 2.24. The molecule has 2 N–H and O–H groups in total. The van der Waals surface area contributed by atoms with E-state index in [9.17, 15) is 9.59 Å². The summed E-state index contributed by atoms with van der Waals surface area (Å²) in [5.41, 5.74) is -0.502. The third kappa shape index (κ3) is 3.04. The smallest absolute Gasteiger partial charge is 0.246 e. The van der Waals surface area contributed by atoms with Gasteiger partial charge in [0.25, 0.3) is 0 Å². The lowest BCUT2D eigenvalue weighted by Crippen LogP contribution is -2.65. The number of piperazine rings is 1. The minimum Gasteiger partial charge on any atom is -0.295 e. The fourth-order valence-corrected chi connectivity index (χ4v) is 2.25. The highest BCUT2D eigenvalue weighted by molar-refractivity contribution is 6.03. The lowest BCUT2D eigenvalue weighted by atomic mass is 9.85. The summed E-state index contributed by atoms with van der Waals surface area (Å²) in [7, 11) is 0. The first-order valence-electron chi connectivity index (χ1n) is 6.24. The molecular formula is C12H22N2O2. The predicted molar refractivity (Wildman–Crippen MR) is 62.9 cm³/mol. The van der Waals surface area contributed by atoms with Crippen molar-refractivity contribution in [2.24, 2.45) is 0 Å². The highest BCUT2D eigenvalue weighted by Crippen LogP contribution is 2.23. The minimum atomic E-state index is -0.502. The number of unbranched alkanes of at least 4 members (excludes halogenated alkanes) is 2. The lowest BCUT2D eigenvalue weighted by molar-refractivity contribution is -0.138. The maximum absolute atomic E-state index is 11.9. The van der Waals surface area contributed by atoms with E-state index < -0.39 is 5.54 Å². The summed E-state index contributed by atoms with van der Waals surface area (Å²) in [6, 6.07) is 0. The van der Waals surface area contributed by atoms with Crippen molar-refractivity contribution in [1.29, 1.82) is 0 Å². The van der Waals surface area contributed by atoms with E-state index in [4.69, 9.17) is 0 Å². The Morgan fingerprint density at radius 3 is 2.44 bits per heavy atom. The molecule has 4 heteroatoms. The average molecular weight is 226 g/mol. The quantitative estimate of drug-likeness (QED) is 0.531. The van der Waals surface area contributed by atoms with Crippen LogP contribution >= 0.6 is 0 Å². The van der Waals surface area contributed by atoms with Crippen LogP contribution in [-0.2, 0) is 9.59 Å². The van der Waals surface area contributed by atoms with Crippen LogP contribution in [0.2, 0.25) is 0 Å². The van der Waals surface area contributed by atoms with Gasteiger partial charge in [-0.05, 0) is 12.8 Å². The van der Waals surface area contributed by atoms with E-state index in [2.05, 4.69) is 24.5 Å². The van der Waals surface area contributed by atoms with Crippen molar-refractivity contribution in [3.05, 3.63) is 0 Å². The van der Waals surface area contributed by atoms with Crippen LogP contribution in [0.3, 0.4) is 0 Å². The van der Waals surface area contributed by atoms with Crippen LogP contribution in [0.4, 0.5) is 0 Å². The Kier molecular flexibility index (Phi) is 4.93. The van der Waals surface area contributed by atoms with Crippen molar-refractivity contribution >= 4 is 11.8 Å². The number of hydrogen-bond donors (Lipinski definition) is 2. The van der Waals surface area contributed by atoms with Gasteiger partial charge in [-0.25, -0.2) is 0 Å². The molecule has 0 aromatic heterocycles. The zero-order valence-corrected chi connectivity index (χ0v) is 10.3. The fraction of sp³-hybridized carbons (Fsp3) is 0.833. The van der Waals surface area contributed by atoms with Gasteiger partial charge >= 0.3 is 0 Å². The molecule has 2 amide bonds. The van der Waals surface area contributed by atoms with E-state index in [0.717, 1.165) is 38.5 Å². The molecule has 1 atom stereocenters. The van der Waals surface area contributed by atoms with Crippen LogP contribution in [0.5, 0.6) is 0 Å². The van der Waals surface area contributed by atoms with E-state index in [1.807, 2.05) is 0 Å². The molecule has 16 heavy (non-hydrogen) atoms. The molecule has 0 radical (unpaired) electrons. The van der Waals surface area contributed by atoms with E-state index in [1.165, 1.54) is 0 Å². The number of nitrogens with one attached hydrogen (secondary N) is 2. The summed E-state index contributed by atoms with van der Waals surface area (Å²) in [6.45, 7) is 4.47. The third-order valence-electron chi connectivity index (χ3n) is 3.16. The maximum Gasteiger partial charge on any atom is 0.246 e. The van der Waals surface area contributed by atoms with E-state index in [-0.39, 0.29) is 18.4 Å². The van der Waals surface area contributed by atoms with Crippen LogP contribution < -0.4 is 10.6 Å². The van der Waals surface area contributed by atoms with Crippen LogP contribution in [0.15, 0.2) is 0 Å². The van der Waals surface area contributed by atoms with Gasteiger partial charge in [-0.3, -0.25) is 20.2 Å². The second-order valence-corrected chi connectivity index (χ2v) is 4.52. The normalized spacial score (nSPS) is 25.6. The molecule has 1 heterocycles. The molecule has 92 valence electrons. The van der Waals surface area contributed by atoms with Gasteiger partial charge in [-0.1, -0.05) is 39.5 Å². The first kappa shape index (κ1) is 13.2. The SMILES string of the molecule is CCCCCC1(CCC)NCC(=O)NC1=O. The molecule has 4 nitrogen and oxygen atoms in total. The first-order valence-corrected chi connectivity index (χ1v) is 6.24. The molecule has 1 saturated heterocycles. The van der Waals surface area contributed by atoms with Crippen molar-refractivity contribution in [1.82, 2.24) is 10.6 Å². The van der Waals surface area contributed by atoms with Gasteiger partial charge in [0.1, 0.15) is 0 Å². The molecule has 1 fully saturated rings. The maximum atomic E-state index is 11.9. The zero-order valence-electron chi connectivity index (χ0n) is 10.3. The van der Waals surface area contributed by atoms with Crippen LogP contribution in [0.25, 0.3) is 0 Å². The van der Waals surface area contributed by atoms with Crippen LogP contribution in [0.1, 0.15) is 52.4 Å². The Balaban J connectivity index is 2.63. The molecule has 0 aliphatic carbocycles. The molecule has 1 unspecified atom stereocenters. The van der Waals surface area contributed by atoms with Gasteiger partial charge < -0.3 is 0 Å². The van der Waals surface area contributed by atoms with Gasteiger partial charge in [-0.2, -0.15) is 0 Å². The van der Waals surface area contributed by atoms with Crippen molar-refractivity contribution in [3.8, 4) is 0 Å². The Morgan fingerprint density at radius 2 is 1.88 bits per heavy atom. The second-order valence-electron chi connectivity index (χ2n) is 4.52. The van der Waals surface area contributed by atoms with E-state index >= 15 is 0 Å². The largest absolute Gasteiger partial charge is 0.295 e. The summed E-state index contributed by atoms with van der Waals surface area (Å²) in [4.78, 5) is 23.0. The Hall–Kier alpha value is -0.900. The third-order valence-corrected chi connectivity index (χ3v) is 3.16. The van der Waals surface area contributed by atoms with E-state index in [0.29, 0.717) is 0 Å². The van der Waals surface area contributed by atoms with Crippen molar-refractivity contribution in [3.63, 3.8) is 0 Å². The second kappa shape index (κ2) is 5.99. The summed E-state index contributed by atoms with van der Waals surface area (Å²) in [6.07, 6.45) is 5.88. The van der Waals surface area contributed by atoms with Crippen LogP contribution in [-0.4, -0.2) is 23.9 Å². The monoisotopic (exact) mass is 226 g/mol. The number of imide groups is 1. The minimum absolute atomic E-state index is 0.137. The Morgan fingerprint density at radius 1 is 1.12 bits per heavy atom.